The van der Waals surface area contributed by atoms with Crippen molar-refractivity contribution in [2.45, 2.75) is 26.1 Å². The molecule has 0 radical (unpaired) electrons. The maximum Gasteiger partial charge on any atom is 0.416 e. The predicted molar refractivity (Wildman–Crippen MR) is 74.6 cm³/mol. The van der Waals surface area contributed by atoms with Gasteiger partial charge < -0.3 is 5.32 Å². The minimum absolute atomic E-state index is 0.0879. The molecule has 0 aliphatic rings. The molecule has 0 aliphatic heterocycles. The summed E-state index contributed by atoms with van der Waals surface area (Å²) < 4.78 is 52.7. The minimum Gasteiger partial charge on any atom is -0.376 e. The van der Waals surface area contributed by atoms with Crippen LogP contribution in [-0.4, -0.2) is 0 Å². The topological polar surface area (TPSA) is 12.0 Å². The first-order chi connectivity index (χ1) is 9.79. The third kappa shape index (κ3) is 3.54. The summed E-state index contributed by atoms with van der Waals surface area (Å²) in [6, 6.07) is 9.20. The molecule has 112 valence electrons. The molecule has 5 heteroatoms. The summed E-state index contributed by atoms with van der Waals surface area (Å²) in [6.45, 7) is 3.32. The molecule has 2 aromatic carbocycles. The van der Waals surface area contributed by atoms with Crippen LogP contribution in [0.3, 0.4) is 0 Å². The van der Waals surface area contributed by atoms with Crippen molar-refractivity contribution in [2.24, 2.45) is 0 Å². The van der Waals surface area contributed by atoms with Crippen molar-refractivity contribution in [2.75, 3.05) is 5.32 Å². The molecule has 2 rings (SSSR count). The molecule has 0 saturated heterocycles. The fourth-order valence-electron chi connectivity index (χ4n) is 2.18. The van der Waals surface area contributed by atoms with Crippen molar-refractivity contribution in [3.05, 3.63) is 65.0 Å². The van der Waals surface area contributed by atoms with E-state index in [2.05, 4.69) is 5.32 Å². The monoisotopic (exact) mass is 297 g/mol. The smallest absolute Gasteiger partial charge is 0.376 e. The molecule has 1 N–H and O–H groups in total. The highest BCUT2D eigenvalue weighted by molar-refractivity contribution is 5.49. The van der Waals surface area contributed by atoms with Gasteiger partial charge in [-0.05, 0) is 43.2 Å². The van der Waals surface area contributed by atoms with Crippen molar-refractivity contribution in [3.8, 4) is 0 Å². The fourth-order valence-corrected chi connectivity index (χ4v) is 2.18. The molecular formula is C16H15F4N. The Kier molecular flexibility index (Phi) is 4.21. The molecule has 0 amide bonds. The normalized spacial score (nSPS) is 13.0. The van der Waals surface area contributed by atoms with Crippen LogP contribution in [0.15, 0.2) is 42.5 Å². The van der Waals surface area contributed by atoms with Gasteiger partial charge in [-0.25, -0.2) is 4.39 Å². The van der Waals surface area contributed by atoms with Crippen molar-refractivity contribution in [3.63, 3.8) is 0 Å². The maximum atomic E-state index is 13.8. The summed E-state index contributed by atoms with van der Waals surface area (Å²) >= 11 is 0. The molecule has 1 unspecified atom stereocenters. The van der Waals surface area contributed by atoms with Crippen molar-refractivity contribution >= 4 is 5.69 Å². The molecule has 1 nitrogen and oxygen atoms in total. The van der Waals surface area contributed by atoms with Gasteiger partial charge in [0.25, 0.3) is 0 Å². The summed E-state index contributed by atoms with van der Waals surface area (Å²) in [4.78, 5) is 0. The third-order valence-electron chi connectivity index (χ3n) is 3.23. The zero-order valence-electron chi connectivity index (χ0n) is 11.6. The summed E-state index contributed by atoms with van der Waals surface area (Å²) in [6.07, 6.45) is -4.43. The van der Waals surface area contributed by atoms with Crippen LogP contribution in [0.1, 0.15) is 29.7 Å². The van der Waals surface area contributed by atoms with E-state index >= 15 is 0 Å². The Morgan fingerprint density at radius 3 is 2.33 bits per heavy atom. The van der Waals surface area contributed by atoms with Crippen LogP contribution in [-0.2, 0) is 6.18 Å². The Bertz CT molecular complexity index is 634. The SMILES string of the molecule is Cc1ccc(NC(C)c2ccccc2C(F)(F)F)c(F)c1. The van der Waals surface area contributed by atoms with E-state index in [-0.39, 0.29) is 11.3 Å². The van der Waals surface area contributed by atoms with Crippen molar-refractivity contribution < 1.29 is 17.6 Å². The van der Waals surface area contributed by atoms with E-state index in [0.717, 1.165) is 11.6 Å². The first-order valence-corrected chi connectivity index (χ1v) is 6.48. The largest absolute Gasteiger partial charge is 0.416 e. The fraction of sp³-hybridized carbons (Fsp3) is 0.250. The van der Waals surface area contributed by atoms with Gasteiger partial charge in [0, 0.05) is 6.04 Å². The first kappa shape index (κ1) is 15.4. The first-order valence-electron chi connectivity index (χ1n) is 6.48. The van der Waals surface area contributed by atoms with Gasteiger partial charge in [-0.3, -0.25) is 0 Å². The van der Waals surface area contributed by atoms with E-state index in [4.69, 9.17) is 0 Å². The average Bonchev–Trinajstić information content (AvgIpc) is 2.41. The van der Waals surface area contributed by atoms with Crippen LogP contribution in [0.5, 0.6) is 0 Å². The van der Waals surface area contributed by atoms with E-state index in [1.54, 1.807) is 19.9 Å². The number of benzene rings is 2. The summed E-state index contributed by atoms with van der Waals surface area (Å²) in [5.74, 6) is -0.480. The van der Waals surface area contributed by atoms with E-state index in [0.29, 0.717) is 0 Å². The minimum atomic E-state index is -4.43. The highest BCUT2D eigenvalue weighted by Gasteiger charge is 2.34. The summed E-state index contributed by atoms with van der Waals surface area (Å²) in [5, 5.41) is 2.79. The maximum absolute atomic E-state index is 13.8. The Morgan fingerprint density at radius 1 is 1.05 bits per heavy atom. The zero-order chi connectivity index (χ0) is 15.6. The van der Waals surface area contributed by atoms with Crippen LogP contribution in [0.25, 0.3) is 0 Å². The number of rotatable bonds is 3. The van der Waals surface area contributed by atoms with Gasteiger partial charge in [-0.1, -0.05) is 24.3 Å². The molecule has 0 spiro atoms. The molecule has 2 aromatic rings. The number of hydrogen-bond donors (Lipinski definition) is 1. The molecule has 21 heavy (non-hydrogen) atoms. The van der Waals surface area contributed by atoms with E-state index < -0.39 is 23.6 Å². The van der Waals surface area contributed by atoms with Gasteiger partial charge in [0.05, 0.1) is 11.3 Å². The number of aryl methyl sites for hydroxylation is 1. The number of hydrogen-bond acceptors (Lipinski definition) is 1. The third-order valence-corrected chi connectivity index (χ3v) is 3.23. The lowest BCUT2D eigenvalue weighted by molar-refractivity contribution is -0.138. The number of anilines is 1. The molecule has 0 aliphatic carbocycles. The van der Waals surface area contributed by atoms with Gasteiger partial charge in [0.1, 0.15) is 5.82 Å². The molecule has 0 aromatic heterocycles. The van der Waals surface area contributed by atoms with Gasteiger partial charge in [0.15, 0.2) is 0 Å². The van der Waals surface area contributed by atoms with Crippen molar-refractivity contribution in [1.29, 1.82) is 0 Å². The highest BCUT2D eigenvalue weighted by Crippen LogP contribution is 2.35. The van der Waals surface area contributed by atoms with Gasteiger partial charge >= 0.3 is 6.18 Å². The lowest BCUT2D eigenvalue weighted by Gasteiger charge is -2.20. The Hall–Kier alpha value is -2.04. The summed E-state index contributed by atoms with van der Waals surface area (Å²) in [7, 11) is 0. The van der Waals surface area contributed by atoms with Crippen molar-refractivity contribution in [1.82, 2.24) is 0 Å². The van der Waals surface area contributed by atoms with Crippen LogP contribution < -0.4 is 5.32 Å². The second-order valence-corrected chi connectivity index (χ2v) is 4.93. The quantitative estimate of drug-likeness (QED) is 0.755. The Balaban J connectivity index is 2.31. The lowest BCUT2D eigenvalue weighted by atomic mass is 10.0. The van der Waals surface area contributed by atoms with Crippen LogP contribution in [0.4, 0.5) is 23.2 Å². The Labute approximate surface area is 120 Å². The van der Waals surface area contributed by atoms with Gasteiger partial charge in [-0.2, -0.15) is 13.2 Å². The van der Waals surface area contributed by atoms with E-state index in [1.807, 2.05) is 0 Å². The molecule has 0 bridgehead atoms. The van der Waals surface area contributed by atoms with Crippen LogP contribution in [0.2, 0.25) is 0 Å². The van der Waals surface area contributed by atoms with Crippen LogP contribution >= 0.6 is 0 Å². The van der Waals surface area contributed by atoms with E-state index in [1.165, 1.54) is 30.3 Å². The van der Waals surface area contributed by atoms with Crippen LogP contribution in [0, 0.1) is 12.7 Å². The number of alkyl halides is 3. The zero-order valence-corrected chi connectivity index (χ0v) is 11.6. The summed E-state index contributed by atoms with van der Waals surface area (Å²) in [5.41, 5.74) is 0.314. The van der Waals surface area contributed by atoms with Gasteiger partial charge in [-0.15, -0.1) is 0 Å². The van der Waals surface area contributed by atoms with Gasteiger partial charge in [0.2, 0.25) is 0 Å². The molecular weight excluding hydrogens is 282 g/mol. The predicted octanol–water partition coefficient (Wildman–Crippen LogP) is 5.33. The molecule has 0 saturated carbocycles. The highest BCUT2D eigenvalue weighted by atomic mass is 19.4. The second-order valence-electron chi connectivity index (χ2n) is 4.93. The average molecular weight is 297 g/mol. The number of halogens is 4. The standard InChI is InChI=1S/C16H15F4N/c1-10-7-8-15(14(17)9-10)21-11(2)12-5-3-4-6-13(12)16(18,19)20/h3-9,11,21H,1-2H3. The Morgan fingerprint density at radius 2 is 1.71 bits per heavy atom. The molecule has 0 heterocycles. The second kappa shape index (κ2) is 5.76. The molecule has 0 fully saturated rings. The lowest BCUT2D eigenvalue weighted by Crippen LogP contribution is -2.15. The molecule has 1 atom stereocenters. The van der Waals surface area contributed by atoms with E-state index in [9.17, 15) is 17.6 Å². The number of nitrogens with one attached hydrogen (secondary N) is 1.